The second kappa shape index (κ2) is 5.51. The summed E-state index contributed by atoms with van der Waals surface area (Å²) >= 11 is 0. The molecular weight excluding hydrogens is 281 g/mol. The molecule has 1 atom stereocenters. The molecule has 3 N–H and O–H groups in total. The van der Waals surface area contributed by atoms with Gasteiger partial charge >= 0.3 is 0 Å². The van der Waals surface area contributed by atoms with Gasteiger partial charge in [0, 0.05) is 12.4 Å². The Hall–Kier alpha value is -2.06. The molecule has 0 fully saturated rings. The molecule has 2 rings (SSSR count). The summed E-state index contributed by atoms with van der Waals surface area (Å²) in [4.78, 5) is 3.70. The zero-order valence-corrected chi connectivity index (χ0v) is 9.80. The molecule has 0 saturated heterocycles. The van der Waals surface area contributed by atoms with Gasteiger partial charge in [0.1, 0.15) is 0 Å². The number of hydrogen-bond donors (Lipinski definition) is 2. The molecule has 20 heavy (non-hydrogen) atoms. The van der Waals surface area contributed by atoms with E-state index in [1.165, 1.54) is 24.5 Å². The minimum atomic E-state index is -2.22. The van der Waals surface area contributed by atoms with E-state index in [-0.39, 0.29) is 5.56 Å². The monoisotopic (exact) mass is 289 g/mol. The van der Waals surface area contributed by atoms with Gasteiger partial charge in [0.05, 0.1) is 11.6 Å². The van der Waals surface area contributed by atoms with E-state index in [2.05, 4.69) is 4.98 Å². The third kappa shape index (κ3) is 2.23. The van der Waals surface area contributed by atoms with Crippen molar-refractivity contribution in [2.24, 2.45) is 5.84 Å². The zero-order valence-electron chi connectivity index (χ0n) is 9.80. The first-order valence-electron chi connectivity index (χ1n) is 5.36. The largest absolute Gasteiger partial charge is 0.271 e. The van der Waals surface area contributed by atoms with Crippen molar-refractivity contribution in [3.63, 3.8) is 0 Å². The standard InChI is InChI=1S/C12H8F5N3/c13-7-6(8(14)10(16)11(17)9(7)15)12(20-18)5-2-1-3-19-4-5/h1-4,12,20H,18H2. The van der Waals surface area contributed by atoms with E-state index >= 15 is 0 Å². The number of nitrogens with one attached hydrogen (secondary N) is 1. The molecule has 1 heterocycles. The molecule has 0 radical (unpaired) electrons. The van der Waals surface area contributed by atoms with Gasteiger partial charge in [-0.2, -0.15) is 0 Å². The van der Waals surface area contributed by atoms with Gasteiger partial charge in [-0.05, 0) is 11.6 Å². The van der Waals surface area contributed by atoms with Crippen LogP contribution in [0.15, 0.2) is 24.5 Å². The summed E-state index contributed by atoms with van der Waals surface area (Å²) in [5, 5.41) is 0. The number of nitrogens with zero attached hydrogens (tertiary/aromatic N) is 1. The van der Waals surface area contributed by atoms with Gasteiger partial charge in [-0.3, -0.25) is 10.8 Å². The summed E-state index contributed by atoms with van der Waals surface area (Å²) in [5.41, 5.74) is 1.11. The first-order valence-corrected chi connectivity index (χ1v) is 5.36. The molecule has 8 heteroatoms. The average Bonchev–Trinajstić information content (AvgIpc) is 2.48. The van der Waals surface area contributed by atoms with Crippen LogP contribution < -0.4 is 11.3 Å². The third-order valence-electron chi connectivity index (χ3n) is 2.72. The Bertz CT molecular complexity index is 604. The Kier molecular flexibility index (Phi) is 3.96. The second-order valence-corrected chi connectivity index (χ2v) is 3.87. The lowest BCUT2D eigenvalue weighted by Gasteiger charge is -2.18. The molecule has 0 spiro atoms. The molecule has 1 aromatic carbocycles. The van der Waals surface area contributed by atoms with Crippen LogP contribution in [0.1, 0.15) is 17.2 Å². The molecule has 3 nitrogen and oxygen atoms in total. The molecule has 0 aliphatic heterocycles. The molecule has 106 valence electrons. The van der Waals surface area contributed by atoms with Gasteiger partial charge in [-0.25, -0.2) is 27.4 Å². The lowest BCUT2D eigenvalue weighted by molar-refractivity contribution is 0.362. The summed E-state index contributed by atoms with van der Waals surface area (Å²) in [6.07, 6.45) is 2.58. The van der Waals surface area contributed by atoms with Crippen molar-refractivity contribution in [3.05, 3.63) is 64.7 Å². The van der Waals surface area contributed by atoms with Gasteiger partial charge in [-0.1, -0.05) is 6.07 Å². The van der Waals surface area contributed by atoms with Crippen LogP contribution in [0.2, 0.25) is 0 Å². The quantitative estimate of drug-likeness (QED) is 0.300. The maximum Gasteiger partial charge on any atom is 0.200 e. The highest BCUT2D eigenvalue weighted by Gasteiger charge is 2.30. The number of rotatable bonds is 3. The maximum absolute atomic E-state index is 13.7. The predicted molar refractivity (Wildman–Crippen MR) is 59.6 cm³/mol. The SMILES string of the molecule is NNC(c1cccnc1)c1c(F)c(F)c(F)c(F)c1F. The van der Waals surface area contributed by atoms with E-state index in [1.807, 2.05) is 5.43 Å². The maximum atomic E-state index is 13.7. The molecule has 0 aliphatic rings. The minimum Gasteiger partial charge on any atom is -0.271 e. The van der Waals surface area contributed by atoms with Gasteiger partial charge in [0.25, 0.3) is 0 Å². The fourth-order valence-electron chi connectivity index (χ4n) is 1.77. The van der Waals surface area contributed by atoms with Gasteiger partial charge < -0.3 is 0 Å². The number of halogens is 5. The van der Waals surface area contributed by atoms with Gasteiger partial charge in [0.2, 0.25) is 5.82 Å². The van der Waals surface area contributed by atoms with Gasteiger partial charge in [0.15, 0.2) is 23.3 Å². The van der Waals surface area contributed by atoms with Crippen LogP contribution in [0.5, 0.6) is 0 Å². The summed E-state index contributed by atoms with van der Waals surface area (Å²) in [7, 11) is 0. The molecule has 0 bridgehead atoms. The van der Waals surface area contributed by atoms with Crippen molar-refractivity contribution < 1.29 is 22.0 Å². The van der Waals surface area contributed by atoms with E-state index in [1.54, 1.807) is 0 Å². The van der Waals surface area contributed by atoms with Crippen molar-refractivity contribution in [2.45, 2.75) is 6.04 Å². The third-order valence-corrected chi connectivity index (χ3v) is 2.72. The van der Waals surface area contributed by atoms with E-state index in [0.29, 0.717) is 0 Å². The number of nitrogens with two attached hydrogens (primary N) is 1. The Balaban J connectivity index is 2.68. The van der Waals surface area contributed by atoms with Crippen LogP contribution in [0.4, 0.5) is 22.0 Å². The zero-order chi connectivity index (χ0) is 14.9. The van der Waals surface area contributed by atoms with Crippen LogP contribution in [0.3, 0.4) is 0 Å². The van der Waals surface area contributed by atoms with E-state index in [4.69, 9.17) is 5.84 Å². The highest BCUT2D eigenvalue weighted by atomic mass is 19.2. The fourth-order valence-corrected chi connectivity index (χ4v) is 1.77. The van der Waals surface area contributed by atoms with E-state index in [9.17, 15) is 22.0 Å². The number of hydrazine groups is 1. The molecule has 1 unspecified atom stereocenters. The highest BCUT2D eigenvalue weighted by Crippen LogP contribution is 2.30. The summed E-state index contributed by atoms with van der Waals surface area (Å²) in [5.74, 6) is -4.98. The Morgan fingerprint density at radius 3 is 1.95 bits per heavy atom. The fraction of sp³-hybridized carbons (Fsp3) is 0.0833. The topological polar surface area (TPSA) is 50.9 Å². The van der Waals surface area contributed by atoms with Crippen LogP contribution in [-0.4, -0.2) is 4.98 Å². The normalized spacial score (nSPS) is 12.5. The van der Waals surface area contributed by atoms with Crippen molar-refractivity contribution in [1.82, 2.24) is 10.4 Å². The molecule has 0 amide bonds. The Labute approximate surface area is 110 Å². The molecule has 0 saturated carbocycles. The van der Waals surface area contributed by atoms with Gasteiger partial charge in [-0.15, -0.1) is 0 Å². The number of benzene rings is 1. The van der Waals surface area contributed by atoms with Crippen molar-refractivity contribution >= 4 is 0 Å². The first-order chi connectivity index (χ1) is 9.49. The number of pyridine rings is 1. The van der Waals surface area contributed by atoms with Crippen LogP contribution in [0.25, 0.3) is 0 Å². The first kappa shape index (κ1) is 14.4. The molecule has 2 aromatic rings. The summed E-state index contributed by atoms with van der Waals surface area (Å²) < 4.78 is 66.7. The van der Waals surface area contributed by atoms with Crippen molar-refractivity contribution in [1.29, 1.82) is 0 Å². The molecular formula is C12H8F5N3. The summed E-state index contributed by atoms with van der Waals surface area (Å²) in [6.45, 7) is 0. The Morgan fingerprint density at radius 1 is 0.950 bits per heavy atom. The highest BCUT2D eigenvalue weighted by molar-refractivity contribution is 5.34. The number of aromatic nitrogens is 1. The van der Waals surface area contributed by atoms with Crippen molar-refractivity contribution in [2.75, 3.05) is 0 Å². The smallest absolute Gasteiger partial charge is 0.200 e. The lowest BCUT2D eigenvalue weighted by atomic mass is 9.99. The average molecular weight is 289 g/mol. The van der Waals surface area contributed by atoms with Crippen molar-refractivity contribution in [3.8, 4) is 0 Å². The second-order valence-electron chi connectivity index (χ2n) is 3.87. The minimum absolute atomic E-state index is 0.151. The van der Waals surface area contributed by atoms with E-state index in [0.717, 1.165) is 0 Å². The summed E-state index contributed by atoms with van der Waals surface area (Å²) in [6, 6.07) is 1.40. The molecule has 1 aromatic heterocycles. The van der Waals surface area contributed by atoms with E-state index < -0.39 is 40.7 Å². The predicted octanol–water partition coefficient (Wildman–Crippen LogP) is 2.33. The number of hydrogen-bond acceptors (Lipinski definition) is 3. The molecule has 0 aliphatic carbocycles. The van der Waals surface area contributed by atoms with Crippen LogP contribution in [-0.2, 0) is 0 Å². The Morgan fingerprint density at radius 2 is 1.50 bits per heavy atom. The van der Waals surface area contributed by atoms with Crippen LogP contribution >= 0.6 is 0 Å². The van der Waals surface area contributed by atoms with Crippen LogP contribution in [0, 0.1) is 29.1 Å². The lowest BCUT2D eigenvalue weighted by Crippen LogP contribution is -2.31.